The minimum absolute atomic E-state index is 0.182. The van der Waals surface area contributed by atoms with Crippen LogP contribution in [-0.4, -0.2) is 25.0 Å². The maximum Gasteiger partial charge on any atom is 0.341 e. The molecule has 0 saturated heterocycles. The lowest BCUT2D eigenvalue weighted by molar-refractivity contribution is -0.121. The number of benzene rings is 2. The molecular weight excluding hydrogens is 285 g/mol. The summed E-state index contributed by atoms with van der Waals surface area (Å²) in [6.07, 6.45) is 0. The SMILES string of the molecule is CCN(C(=O)COC(=O)c1ccccc1F)c1ccccc1. The van der Waals surface area contributed by atoms with Crippen LogP contribution in [0.4, 0.5) is 10.1 Å². The number of ether oxygens (including phenoxy) is 1. The van der Waals surface area contributed by atoms with Crippen molar-refractivity contribution in [2.75, 3.05) is 18.1 Å². The number of hydrogen-bond acceptors (Lipinski definition) is 3. The number of carbonyl (C=O) groups is 2. The number of rotatable bonds is 5. The number of hydrogen-bond donors (Lipinski definition) is 0. The second-order valence-corrected chi connectivity index (χ2v) is 4.53. The fourth-order valence-electron chi connectivity index (χ4n) is 2.02. The molecule has 0 unspecified atom stereocenters. The lowest BCUT2D eigenvalue weighted by atomic mass is 10.2. The normalized spacial score (nSPS) is 10.1. The molecule has 0 N–H and O–H groups in total. The smallest absolute Gasteiger partial charge is 0.341 e. The van der Waals surface area contributed by atoms with Crippen molar-refractivity contribution in [2.24, 2.45) is 0 Å². The zero-order valence-electron chi connectivity index (χ0n) is 12.2. The van der Waals surface area contributed by atoms with Gasteiger partial charge < -0.3 is 9.64 Å². The average Bonchev–Trinajstić information content (AvgIpc) is 2.55. The number of esters is 1. The van der Waals surface area contributed by atoms with Crippen LogP contribution < -0.4 is 4.90 Å². The number of carbonyl (C=O) groups excluding carboxylic acids is 2. The van der Waals surface area contributed by atoms with Crippen molar-refractivity contribution in [3.8, 4) is 0 Å². The Kier molecular flexibility index (Phi) is 5.25. The number of anilines is 1. The lowest BCUT2D eigenvalue weighted by Crippen LogP contribution is -2.34. The van der Waals surface area contributed by atoms with E-state index in [0.29, 0.717) is 6.54 Å². The third kappa shape index (κ3) is 3.69. The van der Waals surface area contributed by atoms with Crippen molar-refractivity contribution in [3.63, 3.8) is 0 Å². The van der Waals surface area contributed by atoms with Gasteiger partial charge in [-0.25, -0.2) is 9.18 Å². The zero-order chi connectivity index (χ0) is 15.9. The van der Waals surface area contributed by atoms with Gasteiger partial charge in [0.05, 0.1) is 5.56 Å². The fraction of sp³-hybridized carbons (Fsp3) is 0.176. The van der Waals surface area contributed by atoms with Crippen LogP contribution in [0.2, 0.25) is 0 Å². The first-order valence-corrected chi connectivity index (χ1v) is 6.90. The Hall–Kier alpha value is -2.69. The quantitative estimate of drug-likeness (QED) is 0.797. The Morgan fingerprint density at radius 3 is 2.32 bits per heavy atom. The van der Waals surface area contributed by atoms with E-state index in [2.05, 4.69) is 0 Å². The van der Waals surface area contributed by atoms with Crippen molar-refractivity contribution < 1.29 is 18.7 Å². The van der Waals surface area contributed by atoms with Crippen LogP contribution in [0.25, 0.3) is 0 Å². The minimum Gasteiger partial charge on any atom is -0.452 e. The van der Waals surface area contributed by atoms with Gasteiger partial charge in [0.25, 0.3) is 5.91 Å². The van der Waals surface area contributed by atoms with Gasteiger partial charge in [0.1, 0.15) is 5.82 Å². The Balaban J connectivity index is 2.00. The van der Waals surface area contributed by atoms with Gasteiger partial charge in [-0.15, -0.1) is 0 Å². The van der Waals surface area contributed by atoms with Crippen molar-refractivity contribution in [3.05, 3.63) is 66.0 Å². The molecule has 5 heteroatoms. The predicted molar refractivity (Wildman–Crippen MR) is 81.2 cm³/mol. The molecule has 0 aliphatic heterocycles. The molecule has 0 aliphatic rings. The molecular formula is C17H16FNO3. The summed E-state index contributed by atoms with van der Waals surface area (Å²) in [5, 5.41) is 0. The van der Waals surface area contributed by atoms with Crippen LogP contribution in [0.15, 0.2) is 54.6 Å². The number of likely N-dealkylation sites (N-methyl/N-ethyl adjacent to an activating group) is 1. The van der Waals surface area contributed by atoms with E-state index < -0.39 is 18.4 Å². The van der Waals surface area contributed by atoms with Crippen molar-refractivity contribution in [2.45, 2.75) is 6.92 Å². The average molecular weight is 301 g/mol. The highest BCUT2D eigenvalue weighted by molar-refractivity contribution is 5.97. The molecule has 2 aromatic rings. The van der Waals surface area contributed by atoms with E-state index in [1.807, 2.05) is 25.1 Å². The van der Waals surface area contributed by atoms with Gasteiger partial charge in [0.2, 0.25) is 0 Å². The maximum absolute atomic E-state index is 13.5. The summed E-state index contributed by atoms with van der Waals surface area (Å²) in [4.78, 5) is 25.4. The summed E-state index contributed by atoms with van der Waals surface area (Å²) in [5.74, 6) is -1.88. The molecule has 0 heterocycles. The van der Waals surface area contributed by atoms with Gasteiger partial charge in [-0.05, 0) is 31.2 Å². The number of amides is 1. The third-order valence-electron chi connectivity index (χ3n) is 3.11. The molecule has 0 aromatic heterocycles. The summed E-state index contributed by atoms with van der Waals surface area (Å²) in [6, 6.07) is 14.6. The van der Waals surface area contributed by atoms with E-state index in [1.165, 1.54) is 29.2 Å². The highest BCUT2D eigenvalue weighted by atomic mass is 19.1. The topological polar surface area (TPSA) is 46.6 Å². The number of halogens is 1. The van der Waals surface area contributed by atoms with Crippen LogP contribution in [0, 0.1) is 5.82 Å². The van der Waals surface area contributed by atoms with Crippen LogP contribution >= 0.6 is 0 Å². The van der Waals surface area contributed by atoms with Crippen LogP contribution in [-0.2, 0) is 9.53 Å². The zero-order valence-corrected chi connectivity index (χ0v) is 12.2. The van der Waals surface area contributed by atoms with Crippen LogP contribution in [0.3, 0.4) is 0 Å². The van der Waals surface area contributed by atoms with Gasteiger partial charge in [0.15, 0.2) is 6.61 Å². The molecule has 2 rings (SSSR count). The van der Waals surface area contributed by atoms with Crippen molar-refractivity contribution >= 4 is 17.6 Å². The van der Waals surface area contributed by atoms with Crippen LogP contribution in [0.1, 0.15) is 17.3 Å². The van der Waals surface area contributed by atoms with Crippen molar-refractivity contribution in [1.29, 1.82) is 0 Å². The van der Waals surface area contributed by atoms with Crippen LogP contribution in [0.5, 0.6) is 0 Å². The molecule has 4 nitrogen and oxygen atoms in total. The molecule has 1 amide bonds. The van der Waals surface area contributed by atoms with E-state index in [4.69, 9.17) is 4.74 Å². The summed E-state index contributed by atoms with van der Waals surface area (Å²) >= 11 is 0. The first-order valence-electron chi connectivity index (χ1n) is 6.90. The van der Waals surface area contributed by atoms with E-state index >= 15 is 0 Å². The van der Waals surface area contributed by atoms with E-state index in [-0.39, 0.29) is 11.5 Å². The predicted octanol–water partition coefficient (Wildman–Crippen LogP) is 3.04. The standard InChI is InChI=1S/C17H16FNO3/c1-2-19(13-8-4-3-5-9-13)16(20)12-22-17(21)14-10-6-7-11-15(14)18/h3-11H,2,12H2,1H3. The van der Waals surface area contributed by atoms with E-state index in [1.54, 1.807) is 12.1 Å². The molecule has 0 fully saturated rings. The second kappa shape index (κ2) is 7.36. The summed E-state index contributed by atoms with van der Waals surface area (Å²) in [6.45, 7) is 1.83. The monoisotopic (exact) mass is 301 g/mol. The number of para-hydroxylation sites is 1. The Morgan fingerprint density at radius 1 is 1.05 bits per heavy atom. The summed E-state index contributed by atoms with van der Waals surface area (Å²) in [5.41, 5.74) is 0.537. The first kappa shape index (κ1) is 15.7. The summed E-state index contributed by atoms with van der Waals surface area (Å²) < 4.78 is 18.4. The highest BCUT2D eigenvalue weighted by Crippen LogP contribution is 2.13. The van der Waals surface area contributed by atoms with Gasteiger partial charge >= 0.3 is 5.97 Å². The molecule has 22 heavy (non-hydrogen) atoms. The molecule has 2 aromatic carbocycles. The maximum atomic E-state index is 13.5. The minimum atomic E-state index is -0.851. The van der Waals surface area contributed by atoms with Gasteiger partial charge in [0, 0.05) is 12.2 Å². The number of nitrogens with zero attached hydrogens (tertiary/aromatic N) is 1. The van der Waals surface area contributed by atoms with E-state index in [0.717, 1.165) is 5.69 Å². The van der Waals surface area contributed by atoms with Crippen molar-refractivity contribution in [1.82, 2.24) is 0 Å². The van der Waals surface area contributed by atoms with Gasteiger partial charge in [-0.1, -0.05) is 30.3 Å². The van der Waals surface area contributed by atoms with E-state index in [9.17, 15) is 14.0 Å². The molecule has 114 valence electrons. The largest absolute Gasteiger partial charge is 0.452 e. The molecule has 0 atom stereocenters. The molecule has 0 aliphatic carbocycles. The molecule has 0 radical (unpaired) electrons. The fourth-order valence-corrected chi connectivity index (χ4v) is 2.02. The molecule has 0 bridgehead atoms. The second-order valence-electron chi connectivity index (χ2n) is 4.53. The molecule has 0 saturated carbocycles. The Labute approximate surface area is 128 Å². The Bertz CT molecular complexity index is 658. The van der Waals surface area contributed by atoms with Gasteiger partial charge in [-0.2, -0.15) is 0 Å². The molecule has 0 spiro atoms. The first-order chi connectivity index (χ1) is 10.6. The highest BCUT2D eigenvalue weighted by Gasteiger charge is 2.18. The Morgan fingerprint density at radius 2 is 1.68 bits per heavy atom. The third-order valence-corrected chi connectivity index (χ3v) is 3.11. The lowest BCUT2D eigenvalue weighted by Gasteiger charge is -2.20. The van der Waals surface area contributed by atoms with Gasteiger partial charge in [-0.3, -0.25) is 4.79 Å². The summed E-state index contributed by atoms with van der Waals surface area (Å²) in [7, 11) is 0.